The number of alkyl carbamates (subject to hydrolysis) is 1. The van der Waals surface area contributed by atoms with Crippen LogP contribution in [-0.2, 0) is 11.2 Å². The summed E-state index contributed by atoms with van der Waals surface area (Å²) in [7, 11) is 2.15. The number of aromatic nitrogens is 4. The van der Waals surface area contributed by atoms with Gasteiger partial charge in [0.1, 0.15) is 5.60 Å². The van der Waals surface area contributed by atoms with Crippen molar-refractivity contribution in [3.05, 3.63) is 78.4 Å². The molecule has 1 aliphatic rings. The maximum absolute atomic E-state index is 12.4. The Bertz CT molecular complexity index is 1410. The van der Waals surface area contributed by atoms with Gasteiger partial charge in [0.05, 0.1) is 17.6 Å². The van der Waals surface area contributed by atoms with Crippen LogP contribution in [-0.4, -0.2) is 75.7 Å². The van der Waals surface area contributed by atoms with Crippen LogP contribution in [0.1, 0.15) is 37.9 Å². The minimum Gasteiger partial charge on any atom is -0.444 e. The summed E-state index contributed by atoms with van der Waals surface area (Å²) in [6.45, 7) is 9.90. The molecule has 204 valence electrons. The van der Waals surface area contributed by atoms with Crippen LogP contribution in [0.25, 0.3) is 17.0 Å². The SMILES string of the molecule is CN1CCN(c2nccn3c(-c4cccc(CC(CNC(=O)OC(C)(C)C)c5ccccc5)n4)cnc23)CC1. The highest BCUT2D eigenvalue weighted by Crippen LogP contribution is 2.26. The van der Waals surface area contributed by atoms with Crippen molar-refractivity contribution in [1.82, 2.24) is 29.6 Å². The number of imidazole rings is 1. The number of nitrogens with zero attached hydrogens (tertiary/aromatic N) is 6. The van der Waals surface area contributed by atoms with Crippen LogP contribution in [0.2, 0.25) is 0 Å². The zero-order valence-corrected chi connectivity index (χ0v) is 23.2. The van der Waals surface area contributed by atoms with E-state index in [1.54, 1.807) is 0 Å². The van der Waals surface area contributed by atoms with E-state index in [9.17, 15) is 4.79 Å². The highest BCUT2D eigenvalue weighted by atomic mass is 16.6. The number of amides is 1. The topological polar surface area (TPSA) is 87.9 Å². The second-order valence-electron chi connectivity index (χ2n) is 11.1. The van der Waals surface area contributed by atoms with Gasteiger partial charge >= 0.3 is 6.09 Å². The number of nitrogens with one attached hydrogen (secondary N) is 1. The van der Waals surface area contributed by atoms with Gasteiger partial charge in [0, 0.05) is 56.7 Å². The normalized spacial score (nSPS) is 15.3. The number of anilines is 1. The first kappa shape index (κ1) is 26.6. The van der Waals surface area contributed by atoms with Gasteiger partial charge in [-0.15, -0.1) is 0 Å². The van der Waals surface area contributed by atoms with Gasteiger partial charge in [0.2, 0.25) is 0 Å². The number of carbonyl (C=O) groups excluding carboxylic acids is 1. The molecule has 0 bridgehead atoms. The fourth-order valence-electron chi connectivity index (χ4n) is 4.88. The highest BCUT2D eigenvalue weighted by molar-refractivity contribution is 5.70. The molecule has 1 N–H and O–H groups in total. The molecule has 3 aromatic heterocycles. The Kier molecular flexibility index (Phi) is 7.79. The first-order valence-corrected chi connectivity index (χ1v) is 13.5. The standard InChI is InChI=1S/C30H37N7O2/c1-30(2,3)39-29(38)33-20-23(22-9-6-5-7-10-22)19-24-11-8-12-25(34-24)26-21-32-28-27(31-13-14-37(26)28)36-17-15-35(4)16-18-36/h5-14,21,23H,15-20H2,1-4H3,(H,33,38). The van der Waals surface area contributed by atoms with E-state index in [-0.39, 0.29) is 5.92 Å². The molecule has 9 heteroatoms. The molecule has 1 unspecified atom stereocenters. The van der Waals surface area contributed by atoms with E-state index < -0.39 is 11.7 Å². The Morgan fingerprint density at radius 3 is 2.54 bits per heavy atom. The number of hydrogen-bond donors (Lipinski definition) is 1. The summed E-state index contributed by atoms with van der Waals surface area (Å²) in [5, 5.41) is 2.95. The molecule has 1 saturated heterocycles. The quantitative estimate of drug-likeness (QED) is 0.381. The number of ether oxygens (including phenoxy) is 1. The molecule has 0 saturated carbocycles. The van der Waals surface area contributed by atoms with Crippen molar-refractivity contribution >= 4 is 17.6 Å². The summed E-state index contributed by atoms with van der Waals surface area (Å²) < 4.78 is 7.53. The van der Waals surface area contributed by atoms with Crippen LogP contribution in [0.5, 0.6) is 0 Å². The molecular weight excluding hydrogens is 490 g/mol. The van der Waals surface area contributed by atoms with Crippen LogP contribution >= 0.6 is 0 Å². The molecular formula is C30H37N7O2. The predicted molar refractivity (Wildman–Crippen MR) is 153 cm³/mol. The summed E-state index contributed by atoms with van der Waals surface area (Å²) >= 11 is 0. The number of likely N-dealkylation sites (N-methyl/N-ethyl adjacent to an activating group) is 1. The average molecular weight is 528 g/mol. The van der Waals surface area contributed by atoms with E-state index in [1.807, 2.05) is 75.8 Å². The van der Waals surface area contributed by atoms with Crippen molar-refractivity contribution in [2.45, 2.75) is 38.7 Å². The number of pyridine rings is 1. The maximum Gasteiger partial charge on any atom is 0.407 e. The minimum atomic E-state index is -0.546. The first-order chi connectivity index (χ1) is 18.8. The molecule has 0 aliphatic carbocycles. The second-order valence-corrected chi connectivity index (χ2v) is 11.1. The fraction of sp³-hybridized carbons (Fsp3) is 0.400. The number of hydrogen-bond acceptors (Lipinski definition) is 7. The van der Waals surface area contributed by atoms with Gasteiger partial charge in [-0.2, -0.15) is 0 Å². The van der Waals surface area contributed by atoms with Crippen LogP contribution in [0.4, 0.5) is 10.6 Å². The van der Waals surface area contributed by atoms with Crippen molar-refractivity contribution in [3.63, 3.8) is 0 Å². The third-order valence-corrected chi connectivity index (χ3v) is 6.90. The van der Waals surface area contributed by atoms with Crippen LogP contribution in [0.15, 0.2) is 67.1 Å². The second kappa shape index (κ2) is 11.4. The van der Waals surface area contributed by atoms with Gasteiger partial charge in [-0.1, -0.05) is 36.4 Å². The number of fused-ring (bicyclic) bond motifs is 1. The lowest BCUT2D eigenvalue weighted by molar-refractivity contribution is 0.0524. The summed E-state index contributed by atoms with van der Waals surface area (Å²) in [5.74, 6) is 0.946. The van der Waals surface area contributed by atoms with Crippen LogP contribution in [0.3, 0.4) is 0 Å². The van der Waals surface area contributed by atoms with Gasteiger partial charge in [-0.25, -0.2) is 14.8 Å². The molecule has 0 radical (unpaired) electrons. The molecule has 0 spiro atoms. The lowest BCUT2D eigenvalue weighted by atomic mass is 9.94. The van der Waals surface area contributed by atoms with Gasteiger partial charge in [-0.05, 0) is 51.9 Å². The third-order valence-electron chi connectivity index (χ3n) is 6.90. The summed E-state index contributed by atoms with van der Waals surface area (Å²) in [5.41, 5.74) is 4.15. The average Bonchev–Trinajstić information content (AvgIpc) is 3.36. The van der Waals surface area contributed by atoms with Crippen molar-refractivity contribution < 1.29 is 9.53 Å². The number of rotatable bonds is 7. The Balaban J connectivity index is 1.38. The lowest BCUT2D eigenvalue weighted by Crippen LogP contribution is -2.45. The van der Waals surface area contributed by atoms with E-state index in [4.69, 9.17) is 14.7 Å². The largest absolute Gasteiger partial charge is 0.444 e. The van der Waals surface area contributed by atoms with E-state index in [2.05, 4.69) is 43.7 Å². The molecule has 1 aromatic carbocycles. The molecule has 9 nitrogen and oxygen atoms in total. The molecule has 1 fully saturated rings. The summed E-state index contributed by atoms with van der Waals surface area (Å²) in [6, 6.07) is 16.3. The maximum atomic E-state index is 12.4. The summed E-state index contributed by atoms with van der Waals surface area (Å²) in [4.78, 5) is 31.4. The Morgan fingerprint density at radius 1 is 1.03 bits per heavy atom. The first-order valence-electron chi connectivity index (χ1n) is 13.5. The molecule has 1 atom stereocenters. The van der Waals surface area contributed by atoms with Gasteiger partial charge in [0.25, 0.3) is 0 Å². The molecule has 4 aromatic rings. The van der Waals surface area contributed by atoms with Crippen molar-refractivity contribution in [2.75, 3.05) is 44.7 Å². The van der Waals surface area contributed by atoms with Crippen molar-refractivity contribution in [2.24, 2.45) is 0 Å². The van der Waals surface area contributed by atoms with Crippen molar-refractivity contribution in [3.8, 4) is 11.4 Å². The van der Waals surface area contributed by atoms with E-state index in [0.717, 1.165) is 60.3 Å². The third kappa shape index (κ3) is 6.54. The van der Waals surface area contributed by atoms with Crippen LogP contribution in [0, 0.1) is 0 Å². The van der Waals surface area contributed by atoms with E-state index in [1.165, 1.54) is 0 Å². The zero-order chi connectivity index (χ0) is 27.4. The molecule has 1 aliphatic heterocycles. The number of benzene rings is 1. The highest BCUT2D eigenvalue weighted by Gasteiger charge is 2.21. The van der Waals surface area contributed by atoms with Gasteiger partial charge in [-0.3, -0.25) is 9.38 Å². The Labute approximate surface area is 229 Å². The Hall–Kier alpha value is -3.98. The van der Waals surface area contributed by atoms with Crippen LogP contribution < -0.4 is 10.2 Å². The fourth-order valence-corrected chi connectivity index (χ4v) is 4.88. The smallest absolute Gasteiger partial charge is 0.407 e. The summed E-state index contributed by atoms with van der Waals surface area (Å²) in [6.07, 6.45) is 5.91. The molecule has 1 amide bonds. The Morgan fingerprint density at radius 2 is 1.79 bits per heavy atom. The van der Waals surface area contributed by atoms with Crippen molar-refractivity contribution in [1.29, 1.82) is 0 Å². The number of carbonyl (C=O) groups is 1. The lowest BCUT2D eigenvalue weighted by Gasteiger charge is -2.33. The van der Waals surface area contributed by atoms with E-state index >= 15 is 0 Å². The zero-order valence-electron chi connectivity index (χ0n) is 23.2. The minimum absolute atomic E-state index is 0.0386. The van der Waals surface area contributed by atoms with E-state index in [0.29, 0.717) is 13.0 Å². The molecule has 4 heterocycles. The molecule has 39 heavy (non-hydrogen) atoms. The predicted octanol–water partition coefficient (Wildman–Crippen LogP) is 4.39. The monoisotopic (exact) mass is 527 g/mol. The van der Waals surface area contributed by atoms with Gasteiger partial charge < -0.3 is 19.9 Å². The number of piperazine rings is 1. The molecule has 5 rings (SSSR count). The van der Waals surface area contributed by atoms with Gasteiger partial charge in [0.15, 0.2) is 11.5 Å².